The van der Waals surface area contributed by atoms with E-state index in [0.717, 1.165) is 49.8 Å². The lowest BCUT2D eigenvalue weighted by atomic mass is 9.83. The summed E-state index contributed by atoms with van der Waals surface area (Å²) in [7, 11) is 1.62. The van der Waals surface area contributed by atoms with Gasteiger partial charge >= 0.3 is 0 Å². The number of amides is 2. The van der Waals surface area contributed by atoms with Crippen LogP contribution in [0.1, 0.15) is 55.3 Å². The van der Waals surface area contributed by atoms with E-state index in [2.05, 4.69) is 4.90 Å². The highest BCUT2D eigenvalue weighted by Crippen LogP contribution is 2.37. The van der Waals surface area contributed by atoms with E-state index in [1.54, 1.807) is 7.11 Å². The third kappa shape index (κ3) is 3.89. The molecular formula is C19H26N2O3. The number of nitrogens with two attached hydrogens (primary N) is 1. The van der Waals surface area contributed by atoms with Crippen molar-refractivity contribution in [2.45, 2.75) is 57.0 Å². The van der Waals surface area contributed by atoms with E-state index in [1.165, 1.54) is 0 Å². The molecule has 0 saturated heterocycles. The van der Waals surface area contributed by atoms with Crippen LogP contribution in [0.3, 0.4) is 0 Å². The lowest BCUT2D eigenvalue weighted by Gasteiger charge is -2.37. The van der Waals surface area contributed by atoms with Gasteiger partial charge in [-0.05, 0) is 68.7 Å². The summed E-state index contributed by atoms with van der Waals surface area (Å²) in [5.41, 5.74) is 6.03. The molecule has 0 radical (unpaired) electrons. The molecule has 0 unspecified atom stereocenters. The molecule has 2 N–H and O–H groups in total. The summed E-state index contributed by atoms with van der Waals surface area (Å²) in [4.78, 5) is 26.2. The van der Waals surface area contributed by atoms with Gasteiger partial charge < -0.3 is 15.4 Å². The van der Waals surface area contributed by atoms with Gasteiger partial charge in [0.15, 0.2) is 0 Å². The van der Waals surface area contributed by atoms with Crippen molar-refractivity contribution in [3.63, 3.8) is 0 Å². The molecule has 2 aliphatic carbocycles. The molecule has 2 saturated carbocycles. The van der Waals surface area contributed by atoms with Crippen molar-refractivity contribution in [2.24, 2.45) is 11.7 Å². The van der Waals surface area contributed by atoms with Crippen LogP contribution in [0.25, 0.3) is 0 Å². The molecule has 1 aromatic carbocycles. The Balaban J connectivity index is 1.66. The van der Waals surface area contributed by atoms with E-state index in [0.29, 0.717) is 18.4 Å². The summed E-state index contributed by atoms with van der Waals surface area (Å²) in [6, 6.07) is 8.03. The lowest BCUT2D eigenvalue weighted by molar-refractivity contribution is -0.119. The van der Waals surface area contributed by atoms with E-state index in [-0.39, 0.29) is 17.9 Å². The molecule has 0 atom stereocenters. The van der Waals surface area contributed by atoms with Crippen LogP contribution in [-0.4, -0.2) is 35.9 Å². The summed E-state index contributed by atoms with van der Waals surface area (Å²) in [6.07, 6.45) is 6.57. The zero-order valence-corrected chi connectivity index (χ0v) is 14.2. The highest BCUT2D eigenvalue weighted by molar-refractivity contribution is 5.95. The third-order valence-electron chi connectivity index (χ3n) is 5.21. The fraction of sp³-hybridized carbons (Fsp3) is 0.579. The van der Waals surface area contributed by atoms with Crippen LogP contribution in [-0.2, 0) is 4.79 Å². The van der Waals surface area contributed by atoms with Gasteiger partial charge in [0, 0.05) is 24.1 Å². The van der Waals surface area contributed by atoms with Crippen LogP contribution in [0.4, 0.5) is 0 Å². The van der Waals surface area contributed by atoms with E-state index in [4.69, 9.17) is 10.5 Å². The SMILES string of the molecule is COc1ccc(C(=O)N(C2CC2)[C@H]2CC[C@H](CC(N)=O)CC2)cc1. The Hall–Kier alpha value is -2.04. The molecule has 5 heteroatoms. The van der Waals surface area contributed by atoms with Gasteiger partial charge in [0.1, 0.15) is 5.75 Å². The molecular weight excluding hydrogens is 304 g/mol. The van der Waals surface area contributed by atoms with Crippen molar-refractivity contribution in [3.05, 3.63) is 29.8 Å². The number of benzene rings is 1. The molecule has 1 aromatic rings. The Bertz CT molecular complexity index is 587. The Morgan fingerprint density at radius 2 is 1.58 bits per heavy atom. The number of ether oxygens (including phenoxy) is 1. The van der Waals surface area contributed by atoms with Crippen molar-refractivity contribution in [3.8, 4) is 5.75 Å². The number of carbonyl (C=O) groups is 2. The maximum atomic E-state index is 13.0. The van der Waals surface area contributed by atoms with Crippen LogP contribution in [0.2, 0.25) is 0 Å². The van der Waals surface area contributed by atoms with Crippen molar-refractivity contribution >= 4 is 11.8 Å². The van der Waals surface area contributed by atoms with Crippen LogP contribution < -0.4 is 10.5 Å². The predicted molar refractivity (Wildman–Crippen MR) is 91.7 cm³/mol. The number of hydrogen-bond acceptors (Lipinski definition) is 3. The van der Waals surface area contributed by atoms with Crippen molar-refractivity contribution in [1.82, 2.24) is 4.90 Å². The van der Waals surface area contributed by atoms with E-state index >= 15 is 0 Å². The van der Waals surface area contributed by atoms with Crippen molar-refractivity contribution in [1.29, 1.82) is 0 Å². The first-order valence-corrected chi connectivity index (χ1v) is 8.83. The minimum Gasteiger partial charge on any atom is -0.497 e. The van der Waals surface area contributed by atoms with Crippen LogP contribution in [0.15, 0.2) is 24.3 Å². The fourth-order valence-electron chi connectivity index (χ4n) is 3.78. The van der Waals surface area contributed by atoms with Gasteiger partial charge in [0.05, 0.1) is 7.11 Å². The number of primary amides is 1. The standard InChI is InChI=1S/C19H26N2O3/c1-24-17-10-4-14(5-11-17)19(23)21(16-8-9-16)15-6-2-13(3-7-15)12-18(20)22/h4-5,10-11,13,15-16H,2-3,6-9,12H2,1H3,(H2,20,22)/t13-,15-. The van der Waals surface area contributed by atoms with Gasteiger partial charge in [-0.1, -0.05) is 0 Å². The third-order valence-corrected chi connectivity index (χ3v) is 5.21. The largest absolute Gasteiger partial charge is 0.497 e. The Kier molecular flexibility index (Phi) is 5.07. The van der Waals surface area contributed by atoms with Gasteiger partial charge in [0.2, 0.25) is 5.91 Å². The van der Waals surface area contributed by atoms with Gasteiger partial charge in [-0.15, -0.1) is 0 Å². The second kappa shape index (κ2) is 7.24. The van der Waals surface area contributed by atoms with Gasteiger partial charge in [0.25, 0.3) is 5.91 Å². The second-order valence-corrected chi connectivity index (χ2v) is 7.02. The Labute approximate surface area is 143 Å². The molecule has 24 heavy (non-hydrogen) atoms. The molecule has 0 bridgehead atoms. The molecule has 0 aliphatic heterocycles. The van der Waals surface area contributed by atoms with Crippen LogP contribution in [0, 0.1) is 5.92 Å². The summed E-state index contributed by atoms with van der Waals surface area (Å²) in [5, 5.41) is 0. The average Bonchev–Trinajstić information content (AvgIpc) is 3.41. The number of nitrogens with zero attached hydrogens (tertiary/aromatic N) is 1. The van der Waals surface area contributed by atoms with E-state index < -0.39 is 0 Å². The first kappa shape index (κ1) is 16.8. The smallest absolute Gasteiger partial charge is 0.254 e. The summed E-state index contributed by atoms with van der Waals surface area (Å²) in [6.45, 7) is 0. The second-order valence-electron chi connectivity index (χ2n) is 7.02. The number of carbonyl (C=O) groups excluding carboxylic acids is 2. The van der Waals surface area contributed by atoms with Gasteiger partial charge in [-0.3, -0.25) is 9.59 Å². The van der Waals surface area contributed by atoms with Crippen LogP contribution in [0.5, 0.6) is 5.75 Å². The molecule has 0 heterocycles. The first-order valence-electron chi connectivity index (χ1n) is 8.83. The summed E-state index contributed by atoms with van der Waals surface area (Å²) >= 11 is 0. The predicted octanol–water partition coefficient (Wildman–Crippen LogP) is 2.73. The number of rotatable bonds is 6. The highest BCUT2D eigenvalue weighted by atomic mass is 16.5. The minimum atomic E-state index is -0.216. The van der Waals surface area contributed by atoms with Crippen molar-refractivity contribution < 1.29 is 14.3 Å². The van der Waals surface area contributed by atoms with Gasteiger partial charge in [-0.25, -0.2) is 0 Å². The minimum absolute atomic E-state index is 0.124. The fourth-order valence-corrected chi connectivity index (χ4v) is 3.78. The molecule has 2 amide bonds. The molecule has 2 fully saturated rings. The van der Waals surface area contributed by atoms with Gasteiger partial charge in [-0.2, -0.15) is 0 Å². The zero-order chi connectivity index (χ0) is 17.1. The first-order chi connectivity index (χ1) is 11.6. The van der Waals surface area contributed by atoms with Crippen molar-refractivity contribution in [2.75, 3.05) is 7.11 Å². The van der Waals surface area contributed by atoms with Crippen LogP contribution >= 0.6 is 0 Å². The summed E-state index contributed by atoms with van der Waals surface area (Å²) in [5.74, 6) is 1.05. The molecule has 2 aliphatic rings. The average molecular weight is 330 g/mol. The monoisotopic (exact) mass is 330 g/mol. The Morgan fingerprint density at radius 3 is 2.04 bits per heavy atom. The van der Waals surface area contributed by atoms with E-state index in [1.807, 2.05) is 24.3 Å². The maximum absolute atomic E-state index is 13.0. The molecule has 5 nitrogen and oxygen atoms in total. The number of methoxy groups -OCH3 is 1. The molecule has 0 spiro atoms. The molecule has 3 rings (SSSR count). The highest BCUT2D eigenvalue weighted by Gasteiger charge is 2.39. The topological polar surface area (TPSA) is 72.6 Å². The normalized spacial score (nSPS) is 23.5. The quantitative estimate of drug-likeness (QED) is 0.871. The summed E-state index contributed by atoms with van der Waals surface area (Å²) < 4.78 is 5.17. The number of hydrogen-bond donors (Lipinski definition) is 1. The molecule has 0 aromatic heterocycles. The molecule has 130 valence electrons. The zero-order valence-electron chi connectivity index (χ0n) is 14.2. The lowest BCUT2D eigenvalue weighted by Crippen LogP contribution is -2.44. The Morgan fingerprint density at radius 1 is 1.04 bits per heavy atom. The maximum Gasteiger partial charge on any atom is 0.254 e. The van der Waals surface area contributed by atoms with E-state index in [9.17, 15) is 9.59 Å².